The Kier molecular flexibility index (Phi) is 3.60. The summed E-state index contributed by atoms with van der Waals surface area (Å²) in [5, 5.41) is -0.0821. The lowest BCUT2D eigenvalue weighted by molar-refractivity contribution is 0.0163. The summed E-state index contributed by atoms with van der Waals surface area (Å²) in [7, 11) is -1.75. The Balaban J connectivity index is 2.23. The van der Waals surface area contributed by atoms with Crippen LogP contribution in [-0.4, -0.2) is 38.3 Å². The molecule has 21 heavy (non-hydrogen) atoms. The van der Waals surface area contributed by atoms with Gasteiger partial charge in [-0.25, -0.2) is 13.2 Å². The van der Waals surface area contributed by atoms with Crippen molar-refractivity contribution >= 4 is 15.9 Å². The summed E-state index contributed by atoms with van der Waals surface area (Å²) in [5.74, 6) is 0.483. The molecule has 7 heteroatoms. The van der Waals surface area contributed by atoms with Crippen LogP contribution in [0.3, 0.4) is 0 Å². The van der Waals surface area contributed by atoms with Crippen LogP contribution in [0.4, 0.5) is 4.79 Å². The molecule has 1 heterocycles. The minimum Gasteiger partial charge on any atom is -0.447 e. The molecule has 0 radical (unpaired) electrons. The van der Waals surface area contributed by atoms with Crippen molar-refractivity contribution in [2.24, 2.45) is 0 Å². The van der Waals surface area contributed by atoms with E-state index in [0.717, 1.165) is 19.1 Å². The maximum Gasteiger partial charge on any atom is 0.410 e. The van der Waals surface area contributed by atoms with Crippen molar-refractivity contribution in [3.05, 3.63) is 17.9 Å². The lowest BCUT2D eigenvalue weighted by atomic mass is 10.1. The Morgan fingerprint density at radius 2 is 1.90 bits per heavy atom. The van der Waals surface area contributed by atoms with E-state index < -0.39 is 27.1 Å². The molecule has 0 atom stereocenters. The Labute approximate surface area is 125 Å². The van der Waals surface area contributed by atoms with Crippen LogP contribution in [0.25, 0.3) is 0 Å². The van der Waals surface area contributed by atoms with E-state index in [1.165, 1.54) is 11.0 Å². The van der Waals surface area contributed by atoms with E-state index in [1.54, 1.807) is 33.9 Å². The summed E-state index contributed by atoms with van der Waals surface area (Å²) >= 11 is 0. The highest BCUT2D eigenvalue weighted by Gasteiger charge is 2.53. The third-order valence-electron chi connectivity index (χ3n) is 3.44. The molecule has 118 valence electrons. The van der Waals surface area contributed by atoms with Gasteiger partial charge in [-0.1, -0.05) is 0 Å². The van der Waals surface area contributed by atoms with E-state index in [9.17, 15) is 13.2 Å². The fraction of sp³-hybridized carbons (Fsp3) is 0.643. The average molecular weight is 315 g/mol. The molecule has 0 saturated heterocycles. The van der Waals surface area contributed by atoms with E-state index in [-0.39, 0.29) is 5.09 Å². The number of amides is 1. The molecule has 0 N–H and O–H groups in total. The van der Waals surface area contributed by atoms with Crippen molar-refractivity contribution in [3.8, 4) is 0 Å². The van der Waals surface area contributed by atoms with Crippen LogP contribution in [0.15, 0.2) is 21.6 Å². The first-order valence-electron chi connectivity index (χ1n) is 6.73. The third kappa shape index (κ3) is 3.23. The van der Waals surface area contributed by atoms with Crippen LogP contribution in [-0.2, 0) is 20.1 Å². The van der Waals surface area contributed by atoms with Crippen LogP contribution in [0.1, 0.15) is 39.4 Å². The standard InChI is InChI=1S/C14H21NO5S/c1-13(2,3)20-12(16)15(4)14(8-9-14)10-6-7-11(19-10)21(5,17)18/h6-7H,8-9H2,1-5H3. The van der Waals surface area contributed by atoms with Crippen molar-refractivity contribution in [3.63, 3.8) is 0 Å². The first kappa shape index (κ1) is 15.9. The monoisotopic (exact) mass is 315 g/mol. The number of furan rings is 1. The Bertz CT molecular complexity index is 649. The lowest BCUT2D eigenvalue weighted by Crippen LogP contribution is -2.40. The van der Waals surface area contributed by atoms with Crippen molar-refractivity contribution in [1.29, 1.82) is 0 Å². The second-order valence-electron chi connectivity index (χ2n) is 6.46. The van der Waals surface area contributed by atoms with Gasteiger partial charge in [-0.05, 0) is 45.7 Å². The quantitative estimate of drug-likeness (QED) is 0.856. The number of rotatable bonds is 3. The zero-order chi connectivity index (χ0) is 16.1. The second kappa shape index (κ2) is 4.76. The minimum atomic E-state index is -3.39. The smallest absolute Gasteiger partial charge is 0.410 e. The first-order chi connectivity index (χ1) is 9.46. The van der Waals surface area contributed by atoms with Gasteiger partial charge >= 0.3 is 6.09 Å². The van der Waals surface area contributed by atoms with Crippen LogP contribution in [0, 0.1) is 0 Å². The fourth-order valence-electron chi connectivity index (χ4n) is 2.14. The van der Waals surface area contributed by atoms with E-state index in [0.29, 0.717) is 5.76 Å². The molecule has 0 aliphatic heterocycles. The number of carbonyl (C=O) groups is 1. The Hall–Kier alpha value is -1.50. The SMILES string of the molecule is CN(C(=O)OC(C)(C)C)C1(c2ccc(S(C)(=O)=O)o2)CC1. The number of hydrogen-bond acceptors (Lipinski definition) is 5. The summed E-state index contributed by atoms with van der Waals surface area (Å²) in [6.45, 7) is 5.40. The first-order valence-corrected chi connectivity index (χ1v) is 8.62. The van der Waals surface area contributed by atoms with Gasteiger partial charge in [0.15, 0.2) is 0 Å². The molecule has 6 nitrogen and oxygen atoms in total. The van der Waals surface area contributed by atoms with Gasteiger partial charge in [-0.3, -0.25) is 4.90 Å². The minimum absolute atomic E-state index is 0.0821. The second-order valence-corrected chi connectivity index (χ2v) is 8.41. The molecule has 1 aromatic rings. The summed E-state index contributed by atoms with van der Waals surface area (Å²) in [6.07, 6.45) is 2.09. The molecular formula is C14H21NO5S. The molecule has 1 aliphatic rings. The normalized spacial score (nSPS) is 17.4. The molecule has 0 aromatic carbocycles. The van der Waals surface area contributed by atoms with Crippen molar-refractivity contribution in [2.45, 2.75) is 49.8 Å². The zero-order valence-electron chi connectivity index (χ0n) is 13.0. The maximum atomic E-state index is 12.2. The molecule has 0 unspecified atom stereocenters. The van der Waals surface area contributed by atoms with Crippen LogP contribution < -0.4 is 0 Å². The van der Waals surface area contributed by atoms with Gasteiger partial charge in [0.05, 0.1) is 0 Å². The number of nitrogens with zero attached hydrogens (tertiary/aromatic N) is 1. The number of sulfone groups is 1. The van der Waals surface area contributed by atoms with E-state index >= 15 is 0 Å². The van der Waals surface area contributed by atoms with Gasteiger partial charge in [-0.2, -0.15) is 0 Å². The molecule has 0 spiro atoms. The summed E-state index contributed by atoms with van der Waals surface area (Å²) in [4.78, 5) is 13.7. The van der Waals surface area contributed by atoms with Gasteiger partial charge in [0.25, 0.3) is 0 Å². The number of hydrogen-bond donors (Lipinski definition) is 0. The highest BCUT2D eigenvalue weighted by molar-refractivity contribution is 7.90. The van der Waals surface area contributed by atoms with Crippen LogP contribution in [0.2, 0.25) is 0 Å². The van der Waals surface area contributed by atoms with Gasteiger partial charge in [-0.15, -0.1) is 0 Å². The predicted octanol–water partition coefficient (Wildman–Crippen LogP) is 2.54. The lowest BCUT2D eigenvalue weighted by Gasteiger charge is -2.29. The number of carbonyl (C=O) groups excluding carboxylic acids is 1. The zero-order valence-corrected chi connectivity index (χ0v) is 13.8. The van der Waals surface area contributed by atoms with E-state index in [1.807, 2.05) is 0 Å². The van der Waals surface area contributed by atoms with Crippen molar-refractivity contribution < 1.29 is 22.4 Å². The Morgan fingerprint density at radius 1 is 1.33 bits per heavy atom. The Morgan fingerprint density at radius 3 is 2.29 bits per heavy atom. The molecule has 2 rings (SSSR count). The average Bonchev–Trinajstić information content (AvgIpc) is 2.94. The highest BCUT2D eigenvalue weighted by atomic mass is 32.2. The van der Waals surface area contributed by atoms with E-state index in [2.05, 4.69) is 0 Å². The molecule has 1 aromatic heterocycles. The van der Waals surface area contributed by atoms with Gasteiger partial charge in [0, 0.05) is 13.3 Å². The third-order valence-corrected chi connectivity index (χ3v) is 4.39. The topological polar surface area (TPSA) is 76.8 Å². The van der Waals surface area contributed by atoms with Gasteiger partial charge in [0.2, 0.25) is 14.9 Å². The van der Waals surface area contributed by atoms with Crippen molar-refractivity contribution in [1.82, 2.24) is 4.90 Å². The molecule has 1 fully saturated rings. The van der Waals surface area contributed by atoms with Gasteiger partial charge < -0.3 is 9.15 Å². The largest absolute Gasteiger partial charge is 0.447 e. The fourth-order valence-corrected chi connectivity index (χ4v) is 2.70. The van der Waals surface area contributed by atoms with Crippen molar-refractivity contribution in [2.75, 3.05) is 13.3 Å². The van der Waals surface area contributed by atoms with Crippen LogP contribution >= 0.6 is 0 Å². The predicted molar refractivity (Wildman–Crippen MR) is 76.7 cm³/mol. The molecular weight excluding hydrogens is 294 g/mol. The molecule has 1 aliphatic carbocycles. The highest BCUT2D eigenvalue weighted by Crippen LogP contribution is 2.51. The molecule has 1 saturated carbocycles. The summed E-state index contributed by atoms with van der Waals surface area (Å²) in [5.41, 5.74) is -1.17. The molecule has 0 bridgehead atoms. The summed E-state index contributed by atoms with van der Waals surface area (Å²) in [6, 6.07) is 3.04. The molecule has 1 amide bonds. The number of ether oxygens (including phenoxy) is 1. The van der Waals surface area contributed by atoms with Gasteiger partial charge in [0.1, 0.15) is 16.9 Å². The maximum absolute atomic E-state index is 12.2. The summed E-state index contributed by atoms with van der Waals surface area (Å²) < 4.78 is 33.8. The van der Waals surface area contributed by atoms with Crippen LogP contribution in [0.5, 0.6) is 0 Å². The van der Waals surface area contributed by atoms with E-state index in [4.69, 9.17) is 9.15 Å².